The van der Waals surface area contributed by atoms with Crippen molar-refractivity contribution in [3.63, 3.8) is 0 Å². The molecular weight excluding hydrogens is 179 g/mol. The molecule has 0 amide bonds. The zero-order chi connectivity index (χ0) is 8.28. The van der Waals surface area contributed by atoms with E-state index >= 15 is 0 Å². The molecule has 0 aromatic heterocycles. The maximum Gasteiger partial charge on any atom is 0.0638 e. The van der Waals surface area contributed by atoms with Crippen LogP contribution < -0.4 is 0 Å². The Morgan fingerprint density at radius 2 is 1.36 bits per heavy atom. The van der Waals surface area contributed by atoms with Gasteiger partial charge in [0.2, 0.25) is 0 Å². The lowest BCUT2D eigenvalue weighted by atomic mass is 9.80. The van der Waals surface area contributed by atoms with E-state index in [1.807, 2.05) is 0 Å². The zero-order valence-electron chi connectivity index (χ0n) is 7.03. The van der Waals surface area contributed by atoms with Crippen molar-refractivity contribution in [1.82, 2.24) is 0 Å². The van der Waals surface area contributed by atoms with Gasteiger partial charge in [0.25, 0.3) is 0 Å². The average molecular weight is 193 g/mol. The lowest BCUT2D eigenvalue weighted by molar-refractivity contribution is 0.314. The van der Waals surface area contributed by atoms with E-state index < -0.39 is 0 Å². The molecule has 0 aromatic carbocycles. The fraction of sp³-hybridized carbons (Fsp3) is 1.00. The number of fused-ring (bicyclic) bond motifs is 2. The van der Waals surface area contributed by atoms with Gasteiger partial charge in [0.05, 0.1) is 9.75 Å². The standard InChI is InChI=1S/C9H14Cl2/c1-8(10)6-3-4-7(5-6)9(8,2)11/h6-7H,3-5H2,1-2H3/t6-,7-,8-,9+/m0/s1. The second kappa shape index (κ2) is 2.09. The molecule has 2 heteroatoms. The molecule has 0 aliphatic heterocycles. The molecule has 0 aromatic rings. The van der Waals surface area contributed by atoms with Crippen molar-refractivity contribution < 1.29 is 0 Å². The molecule has 4 atom stereocenters. The van der Waals surface area contributed by atoms with E-state index in [-0.39, 0.29) is 9.75 Å². The van der Waals surface area contributed by atoms with Crippen LogP contribution in [0.1, 0.15) is 33.1 Å². The SMILES string of the molecule is C[C@]1(Cl)[C@H]2CC[C@@H](C2)[C@@]1(C)Cl. The maximum absolute atomic E-state index is 6.42. The topological polar surface area (TPSA) is 0 Å². The van der Waals surface area contributed by atoms with E-state index in [1.165, 1.54) is 19.3 Å². The number of rotatable bonds is 0. The van der Waals surface area contributed by atoms with E-state index in [1.54, 1.807) is 0 Å². The Bertz CT molecular complexity index is 164. The van der Waals surface area contributed by atoms with E-state index in [0.29, 0.717) is 11.8 Å². The minimum Gasteiger partial charge on any atom is -0.117 e. The van der Waals surface area contributed by atoms with Gasteiger partial charge in [-0.1, -0.05) is 0 Å². The van der Waals surface area contributed by atoms with Crippen molar-refractivity contribution in [3.8, 4) is 0 Å². The van der Waals surface area contributed by atoms with Crippen LogP contribution in [-0.2, 0) is 0 Å². The second-order valence-electron chi connectivity index (χ2n) is 4.36. The Balaban J connectivity index is 2.36. The molecule has 2 aliphatic carbocycles. The molecular formula is C9H14Cl2. The molecule has 2 fully saturated rings. The fourth-order valence-corrected chi connectivity index (χ4v) is 3.47. The molecule has 0 spiro atoms. The summed E-state index contributed by atoms with van der Waals surface area (Å²) in [6.07, 6.45) is 3.82. The Labute approximate surface area is 78.3 Å². The van der Waals surface area contributed by atoms with E-state index in [2.05, 4.69) is 13.8 Å². The van der Waals surface area contributed by atoms with Crippen LogP contribution in [0.5, 0.6) is 0 Å². The molecule has 0 saturated heterocycles. The Kier molecular flexibility index (Phi) is 1.55. The van der Waals surface area contributed by atoms with Crippen molar-refractivity contribution in [2.45, 2.75) is 42.9 Å². The summed E-state index contributed by atoms with van der Waals surface area (Å²) in [5.41, 5.74) is 0. The smallest absolute Gasteiger partial charge is 0.0638 e. The first-order valence-corrected chi connectivity index (χ1v) is 5.09. The summed E-state index contributed by atoms with van der Waals surface area (Å²) in [4.78, 5) is -0.311. The van der Waals surface area contributed by atoms with Gasteiger partial charge in [0.15, 0.2) is 0 Å². The highest BCUT2D eigenvalue weighted by Crippen LogP contribution is 2.62. The average Bonchev–Trinajstić information content (AvgIpc) is 2.37. The van der Waals surface area contributed by atoms with E-state index in [9.17, 15) is 0 Å². The molecule has 2 saturated carbocycles. The third-order valence-electron chi connectivity index (χ3n) is 3.92. The molecule has 2 bridgehead atoms. The summed E-state index contributed by atoms with van der Waals surface area (Å²) in [7, 11) is 0. The Hall–Kier alpha value is 0.580. The molecule has 0 unspecified atom stereocenters. The van der Waals surface area contributed by atoms with Crippen molar-refractivity contribution >= 4 is 23.2 Å². The summed E-state index contributed by atoms with van der Waals surface area (Å²) in [5.74, 6) is 1.33. The highest BCUT2D eigenvalue weighted by Gasteiger charge is 2.61. The molecule has 0 nitrogen and oxygen atoms in total. The van der Waals surface area contributed by atoms with Crippen LogP contribution in [0.15, 0.2) is 0 Å². The first-order chi connectivity index (χ1) is 4.96. The van der Waals surface area contributed by atoms with Crippen molar-refractivity contribution in [3.05, 3.63) is 0 Å². The fourth-order valence-electron chi connectivity index (χ4n) is 2.76. The summed E-state index contributed by atoms with van der Waals surface area (Å²) in [6, 6.07) is 0. The van der Waals surface area contributed by atoms with Crippen molar-refractivity contribution in [2.24, 2.45) is 11.8 Å². The number of halogens is 2. The van der Waals surface area contributed by atoms with Gasteiger partial charge in [0.1, 0.15) is 0 Å². The normalized spacial score (nSPS) is 62.2. The molecule has 0 heterocycles. The predicted molar refractivity (Wildman–Crippen MR) is 49.3 cm³/mol. The van der Waals surface area contributed by atoms with Gasteiger partial charge in [-0.15, -0.1) is 23.2 Å². The minimum absolute atomic E-state index is 0.155. The quantitative estimate of drug-likeness (QED) is 0.517. The minimum atomic E-state index is -0.155. The number of hydrogen-bond acceptors (Lipinski definition) is 0. The van der Waals surface area contributed by atoms with Gasteiger partial charge in [-0.25, -0.2) is 0 Å². The van der Waals surface area contributed by atoms with Crippen LogP contribution in [0.3, 0.4) is 0 Å². The number of hydrogen-bond donors (Lipinski definition) is 0. The van der Waals surface area contributed by atoms with Crippen molar-refractivity contribution in [2.75, 3.05) is 0 Å². The molecule has 64 valence electrons. The molecule has 0 radical (unpaired) electrons. The van der Waals surface area contributed by atoms with Crippen LogP contribution in [0, 0.1) is 11.8 Å². The third-order valence-corrected chi connectivity index (χ3v) is 5.42. The molecule has 2 aliphatic rings. The number of alkyl halides is 2. The Morgan fingerprint density at radius 1 is 1.00 bits per heavy atom. The van der Waals surface area contributed by atoms with Crippen LogP contribution >= 0.6 is 23.2 Å². The van der Waals surface area contributed by atoms with Crippen LogP contribution in [0.4, 0.5) is 0 Å². The lowest BCUT2D eigenvalue weighted by Crippen LogP contribution is -2.45. The lowest BCUT2D eigenvalue weighted by Gasteiger charge is -2.40. The summed E-state index contributed by atoms with van der Waals surface area (Å²) in [6.45, 7) is 4.21. The van der Waals surface area contributed by atoms with Gasteiger partial charge < -0.3 is 0 Å². The summed E-state index contributed by atoms with van der Waals surface area (Å²) < 4.78 is 0. The van der Waals surface area contributed by atoms with Crippen LogP contribution in [-0.4, -0.2) is 9.75 Å². The second-order valence-corrected chi connectivity index (χ2v) is 5.93. The third kappa shape index (κ3) is 0.833. The van der Waals surface area contributed by atoms with Gasteiger partial charge in [-0.05, 0) is 44.9 Å². The first kappa shape index (κ1) is 8.19. The van der Waals surface area contributed by atoms with Gasteiger partial charge in [0, 0.05) is 0 Å². The molecule has 2 rings (SSSR count). The predicted octanol–water partition coefficient (Wildman–Crippen LogP) is 3.41. The first-order valence-electron chi connectivity index (χ1n) is 4.34. The van der Waals surface area contributed by atoms with Crippen LogP contribution in [0.25, 0.3) is 0 Å². The monoisotopic (exact) mass is 192 g/mol. The zero-order valence-corrected chi connectivity index (χ0v) is 8.54. The molecule has 11 heavy (non-hydrogen) atoms. The van der Waals surface area contributed by atoms with Gasteiger partial charge in [-0.2, -0.15) is 0 Å². The summed E-state index contributed by atoms with van der Waals surface area (Å²) >= 11 is 12.8. The highest BCUT2D eigenvalue weighted by molar-refractivity contribution is 6.35. The van der Waals surface area contributed by atoms with Crippen LogP contribution in [0.2, 0.25) is 0 Å². The van der Waals surface area contributed by atoms with Gasteiger partial charge in [-0.3, -0.25) is 0 Å². The van der Waals surface area contributed by atoms with Gasteiger partial charge >= 0.3 is 0 Å². The van der Waals surface area contributed by atoms with E-state index in [0.717, 1.165) is 0 Å². The summed E-state index contributed by atoms with van der Waals surface area (Å²) in [5, 5.41) is 0. The maximum atomic E-state index is 6.42. The van der Waals surface area contributed by atoms with Crippen molar-refractivity contribution in [1.29, 1.82) is 0 Å². The Morgan fingerprint density at radius 3 is 1.55 bits per heavy atom. The largest absolute Gasteiger partial charge is 0.117 e. The van der Waals surface area contributed by atoms with E-state index in [4.69, 9.17) is 23.2 Å². The highest BCUT2D eigenvalue weighted by atomic mass is 35.5. The molecule has 0 N–H and O–H groups in total.